The third kappa shape index (κ3) is 10.2. The summed E-state index contributed by atoms with van der Waals surface area (Å²) < 4.78 is 11.5. The smallest absolute Gasteiger partial charge is 0.133 e. The maximum Gasteiger partial charge on any atom is 0.133 e. The van der Waals surface area contributed by atoms with E-state index in [1.807, 2.05) is 68.2 Å². The number of benzene rings is 2. The molecular formula is C30H45N3O4S. The van der Waals surface area contributed by atoms with Crippen LogP contribution >= 0.6 is 11.8 Å². The van der Waals surface area contributed by atoms with Crippen LogP contribution in [0.15, 0.2) is 53.6 Å². The molecule has 0 saturated heterocycles. The SMILES string of the molecule is CC(C)(C)NCC(O)COc1cccc2c1SCCC2.CC(C)NCC(O)COc1cccc2[nH]ccc12. The van der Waals surface area contributed by atoms with Crippen molar-refractivity contribution in [2.45, 2.75) is 76.1 Å². The average Bonchev–Trinajstić information content (AvgIpc) is 3.38. The Balaban J connectivity index is 0.000000212. The van der Waals surface area contributed by atoms with Gasteiger partial charge in [-0.05, 0) is 69.2 Å². The number of aliphatic hydroxyl groups is 2. The van der Waals surface area contributed by atoms with Gasteiger partial charge in [0.2, 0.25) is 0 Å². The molecule has 2 atom stereocenters. The van der Waals surface area contributed by atoms with E-state index in [1.54, 1.807) is 0 Å². The van der Waals surface area contributed by atoms with Crippen molar-refractivity contribution in [2.24, 2.45) is 0 Å². The summed E-state index contributed by atoms with van der Waals surface area (Å²) in [6.07, 6.45) is 3.27. The lowest BCUT2D eigenvalue weighted by molar-refractivity contribution is 0.0986. The molecule has 1 aliphatic heterocycles. The van der Waals surface area contributed by atoms with Gasteiger partial charge in [-0.3, -0.25) is 0 Å². The molecule has 0 spiro atoms. The summed E-state index contributed by atoms with van der Waals surface area (Å²) in [5, 5.41) is 27.3. The van der Waals surface area contributed by atoms with Gasteiger partial charge in [-0.15, -0.1) is 11.8 Å². The number of aliphatic hydroxyl groups excluding tert-OH is 2. The van der Waals surface area contributed by atoms with Gasteiger partial charge < -0.3 is 35.3 Å². The van der Waals surface area contributed by atoms with Gasteiger partial charge in [0, 0.05) is 41.8 Å². The summed E-state index contributed by atoms with van der Waals surface area (Å²) in [4.78, 5) is 4.39. The first-order valence-electron chi connectivity index (χ1n) is 13.5. The van der Waals surface area contributed by atoms with Gasteiger partial charge in [-0.1, -0.05) is 32.0 Å². The summed E-state index contributed by atoms with van der Waals surface area (Å²) in [6, 6.07) is 14.4. The van der Waals surface area contributed by atoms with Crippen molar-refractivity contribution in [1.29, 1.82) is 0 Å². The van der Waals surface area contributed by atoms with E-state index in [9.17, 15) is 10.2 Å². The van der Waals surface area contributed by atoms with Crippen molar-refractivity contribution in [3.63, 3.8) is 0 Å². The zero-order chi connectivity index (χ0) is 27.5. The number of thioether (sulfide) groups is 1. The molecule has 0 bridgehead atoms. The van der Waals surface area contributed by atoms with Crippen LogP contribution in [0.25, 0.3) is 10.9 Å². The zero-order valence-corrected chi connectivity index (χ0v) is 24.2. The van der Waals surface area contributed by atoms with E-state index >= 15 is 0 Å². The van der Waals surface area contributed by atoms with Gasteiger partial charge in [0.25, 0.3) is 0 Å². The molecule has 38 heavy (non-hydrogen) atoms. The highest BCUT2D eigenvalue weighted by molar-refractivity contribution is 7.99. The number of aromatic nitrogens is 1. The summed E-state index contributed by atoms with van der Waals surface area (Å²) >= 11 is 1.86. The largest absolute Gasteiger partial charge is 0.490 e. The van der Waals surface area contributed by atoms with Crippen LogP contribution < -0.4 is 20.1 Å². The third-order valence-electron chi connectivity index (χ3n) is 5.94. The van der Waals surface area contributed by atoms with Crippen molar-refractivity contribution in [3.8, 4) is 11.5 Å². The number of hydrogen-bond acceptors (Lipinski definition) is 7. The average molecular weight is 544 g/mol. The Labute approximate surface area is 231 Å². The number of hydrogen-bond donors (Lipinski definition) is 5. The molecule has 0 amide bonds. The van der Waals surface area contributed by atoms with Gasteiger partial charge in [0.15, 0.2) is 0 Å². The van der Waals surface area contributed by atoms with Gasteiger partial charge in [-0.2, -0.15) is 0 Å². The lowest BCUT2D eigenvalue weighted by Gasteiger charge is -2.24. The van der Waals surface area contributed by atoms with Crippen molar-refractivity contribution in [1.82, 2.24) is 15.6 Å². The van der Waals surface area contributed by atoms with Crippen LogP contribution in [-0.2, 0) is 6.42 Å². The fraction of sp³-hybridized carbons (Fsp3) is 0.533. The predicted molar refractivity (Wildman–Crippen MR) is 158 cm³/mol. The normalized spacial score (nSPS) is 14.9. The first kappa shape index (κ1) is 30.3. The van der Waals surface area contributed by atoms with E-state index in [0.717, 1.165) is 34.6 Å². The maximum absolute atomic E-state index is 9.98. The maximum atomic E-state index is 9.98. The van der Waals surface area contributed by atoms with Crippen LogP contribution in [0.5, 0.6) is 11.5 Å². The van der Waals surface area contributed by atoms with E-state index in [4.69, 9.17) is 9.47 Å². The van der Waals surface area contributed by atoms with Gasteiger partial charge in [-0.25, -0.2) is 0 Å². The summed E-state index contributed by atoms with van der Waals surface area (Å²) in [5.41, 5.74) is 2.44. The molecule has 0 radical (unpaired) electrons. The number of rotatable bonds is 11. The van der Waals surface area contributed by atoms with Gasteiger partial charge in [0.05, 0.1) is 4.90 Å². The molecule has 7 nitrogen and oxygen atoms in total. The summed E-state index contributed by atoms with van der Waals surface area (Å²) in [7, 11) is 0. The molecule has 210 valence electrons. The van der Waals surface area contributed by atoms with Crippen molar-refractivity contribution < 1.29 is 19.7 Å². The molecule has 2 heterocycles. The summed E-state index contributed by atoms with van der Waals surface area (Å²) in [6.45, 7) is 12.1. The Bertz CT molecular complexity index is 1110. The highest BCUT2D eigenvalue weighted by Crippen LogP contribution is 2.37. The Hall–Kier alpha value is -2.23. The number of H-pyrrole nitrogens is 1. The molecule has 8 heteroatoms. The Kier molecular flexibility index (Phi) is 11.8. The second-order valence-electron chi connectivity index (χ2n) is 11.0. The highest BCUT2D eigenvalue weighted by atomic mass is 32.2. The van der Waals surface area contributed by atoms with E-state index in [-0.39, 0.29) is 5.54 Å². The number of aromatic amines is 1. The molecule has 2 unspecified atom stereocenters. The number of ether oxygens (including phenoxy) is 2. The van der Waals surface area contributed by atoms with E-state index < -0.39 is 12.2 Å². The van der Waals surface area contributed by atoms with Crippen LogP contribution in [0.4, 0.5) is 0 Å². The first-order valence-corrected chi connectivity index (χ1v) is 14.5. The third-order valence-corrected chi connectivity index (χ3v) is 7.19. The number of fused-ring (bicyclic) bond motifs is 2. The Morgan fingerprint density at radius 2 is 1.63 bits per heavy atom. The minimum absolute atomic E-state index is 0.0166. The fourth-order valence-corrected chi connectivity index (χ4v) is 5.06. The lowest BCUT2D eigenvalue weighted by atomic mass is 10.1. The number of aryl methyl sites for hydroxylation is 1. The standard InChI is InChI=1S/C16H25NO2S.C14H20N2O2/c1-16(2,3)17-10-13(18)11-19-14-8-4-6-12-7-5-9-20-15(12)14;1-10(2)16-8-11(17)9-18-14-5-3-4-13-12(14)6-7-15-13/h4,6,8,13,17-18H,5,7,9-11H2,1-3H3;3-7,10-11,15-17H,8-9H2,1-2H3. The van der Waals surface area contributed by atoms with Crippen molar-refractivity contribution in [3.05, 3.63) is 54.2 Å². The molecule has 4 rings (SSSR count). The van der Waals surface area contributed by atoms with Gasteiger partial charge in [0.1, 0.15) is 36.9 Å². The fourth-order valence-electron chi connectivity index (χ4n) is 3.94. The number of β-amino-alcohol motifs (C(OH)–C–C–N with tert-alkyl or cyclic N) is 1. The Morgan fingerprint density at radius 3 is 2.37 bits per heavy atom. The minimum atomic E-state index is -0.499. The molecular weight excluding hydrogens is 498 g/mol. The topological polar surface area (TPSA) is 98.8 Å². The molecule has 0 fully saturated rings. The molecule has 1 aliphatic rings. The van der Waals surface area contributed by atoms with Crippen LogP contribution in [0.2, 0.25) is 0 Å². The first-order chi connectivity index (χ1) is 18.1. The van der Waals surface area contributed by atoms with Crippen LogP contribution in [-0.4, -0.2) is 71.0 Å². The minimum Gasteiger partial charge on any atom is -0.490 e. The van der Waals surface area contributed by atoms with Gasteiger partial charge >= 0.3 is 0 Å². The Morgan fingerprint density at radius 1 is 0.947 bits per heavy atom. The highest BCUT2D eigenvalue weighted by Gasteiger charge is 2.17. The van der Waals surface area contributed by atoms with Crippen LogP contribution in [0, 0.1) is 0 Å². The predicted octanol–water partition coefficient (Wildman–Crippen LogP) is 4.76. The monoisotopic (exact) mass is 543 g/mol. The van der Waals surface area contributed by atoms with Crippen LogP contribution in [0.1, 0.15) is 46.6 Å². The van der Waals surface area contributed by atoms with Crippen molar-refractivity contribution >= 4 is 22.7 Å². The van der Waals surface area contributed by atoms with E-state index in [0.29, 0.717) is 32.3 Å². The summed E-state index contributed by atoms with van der Waals surface area (Å²) in [5.74, 6) is 2.88. The molecule has 0 saturated carbocycles. The number of nitrogens with one attached hydrogen (secondary N) is 3. The molecule has 0 aliphatic carbocycles. The van der Waals surface area contributed by atoms with Crippen LogP contribution in [0.3, 0.4) is 0 Å². The molecule has 2 aromatic carbocycles. The molecule has 3 aromatic rings. The van der Waals surface area contributed by atoms with E-state index in [2.05, 4.69) is 42.5 Å². The second-order valence-corrected chi connectivity index (χ2v) is 12.1. The molecule has 1 aromatic heterocycles. The van der Waals surface area contributed by atoms with E-state index in [1.165, 1.54) is 16.9 Å². The quantitative estimate of drug-likeness (QED) is 0.238. The zero-order valence-electron chi connectivity index (χ0n) is 23.4. The van der Waals surface area contributed by atoms with Crippen molar-refractivity contribution in [2.75, 3.05) is 32.1 Å². The second kappa shape index (κ2) is 14.8. The molecule has 5 N–H and O–H groups in total. The lowest BCUT2D eigenvalue weighted by Crippen LogP contribution is -2.42.